The van der Waals surface area contributed by atoms with Crippen LogP contribution in [0.1, 0.15) is 57.8 Å². The summed E-state index contributed by atoms with van der Waals surface area (Å²) in [6.45, 7) is 0.286. The lowest BCUT2D eigenvalue weighted by atomic mass is 10.1. The van der Waals surface area contributed by atoms with Gasteiger partial charge < -0.3 is 10.2 Å². The lowest BCUT2D eigenvalue weighted by Crippen LogP contribution is -1.97. The van der Waals surface area contributed by atoms with Crippen LogP contribution < -0.4 is 0 Å². The van der Waals surface area contributed by atoms with E-state index in [-0.39, 0.29) is 25.2 Å². The maximum Gasteiger partial charge on any atom is 0.303 e. The van der Waals surface area contributed by atoms with Crippen LogP contribution in [0.2, 0.25) is 0 Å². The van der Waals surface area contributed by atoms with Crippen molar-refractivity contribution in [3.05, 3.63) is 48.6 Å². The third-order valence-corrected chi connectivity index (χ3v) is 3.25. The predicted molar refractivity (Wildman–Crippen MR) is 97.8 cm³/mol. The predicted octanol–water partition coefficient (Wildman–Crippen LogP) is 4.37. The van der Waals surface area contributed by atoms with Crippen LogP contribution in [0.4, 0.5) is 0 Å². The highest BCUT2D eigenvalue weighted by atomic mass is 16.4. The number of hydrogen-bond acceptors (Lipinski definition) is 3. The average Bonchev–Trinajstić information content (AvgIpc) is 2.55. The Balaban J connectivity index is 3.59. The van der Waals surface area contributed by atoms with Gasteiger partial charge in [-0.25, -0.2) is 0 Å². The molecule has 0 saturated carbocycles. The summed E-state index contributed by atoms with van der Waals surface area (Å²) >= 11 is 0. The number of carboxylic acids is 1. The van der Waals surface area contributed by atoms with Gasteiger partial charge in [-0.1, -0.05) is 49.0 Å². The lowest BCUT2D eigenvalue weighted by Gasteiger charge is -1.93. The molecule has 0 heterocycles. The average molecular weight is 334 g/mol. The van der Waals surface area contributed by atoms with Gasteiger partial charge in [0.05, 0.1) is 0 Å². The fourth-order valence-electron chi connectivity index (χ4n) is 1.93. The molecule has 0 aromatic rings. The summed E-state index contributed by atoms with van der Waals surface area (Å²) < 4.78 is 0. The Kier molecular flexibility index (Phi) is 16.0. The zero-order valence-corrected chi connectivity index (χ0v) is 14.4. The second-order valence-electron chi connectivity index (χ2n) is 5.49. The summed E-state index contributed by atoms with van der Waals surface area (Å²) in [6.07, 6.45) is 22.1. The Morgan fingerprint density at radius 1 is 0.750 bits per heavy atom. The molecule has 4 heteroatoms. The molecule has 2 N–H and O–H groups in total. The van der Waals surface area contributed by atoms with Gasteiger partial charge in [-0.2, -0.15) is 0 Å². The van der Waals surface area contributed by atoms with E-state index in [4.69, 9.17) is 10.2 Å². The van der Waals surface area contributed by atoms with Gasteiger partial charge in [0.2, 0.25) is 0 Å². The molecule has 0 fully saturated rings. The number of allylic oxidation sites excluding steroid dienone is 8. The van der Waals surface area contributed by atoms with Gasteiger partial charge in [0, 0.05) is 19.4 Å². The number of rotatable bonds is 15. The molecule has 0 radical (unpaired) electrons. The normalized spacial score (nSPS) is 12.2. The molecule has 0 saturated heterocycles. The zero-order chi connectivity index (χ0) is 17.9. The molecular formula is C20H30O4. The van der Waals surface area contributed by atoms with E-state index in [1.807, 2.05) is 12.2 Å². The lowest BCUT2D eigenvalue weighted by molar-refractivity contribution is -0.137. The van der Waals surface area contributed by atoms with Gasteiger partial charge >= 0.3 is 5.97 Å². The van der Waals surface area contributed by atoms with Crippen molar-refractivity contribution in [2.75, 3.05) is 6.61 Å². The molecule has 4 nitrogen and oxygen atoms in total. The molecule has 0 amide bonds. The standard InChI is InChI=1S/C20H30O4/c21-18-13-11-9-7-5-3-1-2-4-6-8-10-12-15-19(22)16-14-17-20(23)24/h2-5,8,10,12,15,21H,1,6-7,9,11,13-14,16-18H2,(H,23,24). The minimum absolute atomic E-state index is 0.0390. The van der Waals surface area contributed by atoms with Crippen molar-refractivity contribution in [2.24, 2.45) is 0 Å². The van der Waals surface area contributed by atoms with Crippen molar-refractivity contribution in [3.8, 4) is 0 Å². The fourth-order valence-corrected chi connectivity index (χ4v) is 1.93. The topological polar surface area (TPSA) is 74.6 Å². The maximum atomic E-state index is 11.4. The van der Waals surface area contributed by atoms with Crippen LogP contribution >= 0.6 is 0 Å². The number of ketones is 1. The Morgan fingerprint density at radius 3 is 2.17 bits per heavy atom. The van der Waals surface area contributed by atoms with Crippen molar-refractivity contribution >= 4 is 11.8 Å². The van der Waals surface area contributed by atoms with Gasteiger partial charge in [-0.3, -0.25) is 9.59 Å². The van der Waals surface area contributed by atoms with Crippen molar-refractivity contribution in [3.63, 3.8) is 0 Å². The largest absolute Gasteiger partial charge is 0.481 e. The first-order valence-electron chi connectivity index (χ1n) is 8.65. The fraction of sp³-hybridized carbons (Fsp3) is 0.500. The number of aliphatic hydroxyl groups excluding tert-OH is 1. The SMILES string of the molecule is O=C(O)CCCC(=O)C=CC=CCC=CCC=CCCCCCO. The summed E-state index contributed by atoms with van der Waals surface area (Å²) in [7, 11) is 0. The molecule has 0 rings (SSSR count). The minimum atomic E-state index is -0.866. The quantitative estimate of drug-likeness (QED) is 0.202. The number of carbonyl (C=O) groups excluding carboxylic acids is 1. The second kappa shape index (κ2) is 17.4. The summed E-state index contributed by atoms with van der Waals surface area (Å²) in [5, 5.41) is 17.1. The second-order valence-corrected chi connectivity index (χ2v) is 5.49. The van der Waals surface area contributed by atoms with Crippen molar-refractivity contribution < 1.29 is 19.8 Å². The van der Waals surface area contributed by atoms with Gasteiger partial charge in [-0.05, 0) is 44.6 Å². The molecule has 0 aromatic heterocycles. The third-order valence-electron chi connectivity index (χ3n) is 3.25. The van der Waals surface area contributed by atoms with Crippen LogP contribution in [0.25, 0.3) is 0 Å². The molecule has 0 spiro atoms. The van der Waals surface area contributed by atoms with Crippen molar-refractivity contribution in [1.82, 2.24) is 0 Å². The zero-order valence-electron chi connectivity index (χ0n) is 14.4. The molecule has 0 aliphatic heterocycles. The highest BCUT2D eigenvalue weighted by Gasteiger charge is 1.99. The molecule has 134 valence electrons. The van der Waals surface area contributed by atoms with E-state index in [0.717, 1.165) is 38.5 Å². The van der Waals surface area contributed by atoms with Gasteiger partial charge in [-0.15, -0.1) is 0 Å². The van der Waals surface area contributed by atoms with E-state index in [2.05, 4.69) is 24.3 Å². The number of aliphatic carboxylic acids is 1. The highest BCUT2D eigenvalue weighted by Crippen LogP contribution is 2.01. The Labute approximate surface area is 145 Å². The molecular weight excluding hydrogens is 304 g/mol. The molecule has 0 atom stereocenters. The first-order valence-corrected chi connectivity index (χ1v) is 8.65. The van der Waals surface area contributed by atoms with Gasteiger partial charge in [0.15, 0.2) is 5.78 Å². The maximum absolute atomic E-state index is 11.4. The molecule has 0 aliphatic rings. The molecule has 24 heavy (non-hydrogen) atoms. The Hall–Kier alpha value is -1.94. The van der Waals surface area contributed by atoms with Crippen LogP contribution in [0.3, 0.4) is 0 Å². The number of aliphatic hydroxyl groups is 1. The van der Waals surface area contributed by atoms with E-state index in [1.54, 1.807) is 6.08 Å². The van der Waals surface area contributed by atoms with Crippen LogP contribution in [0.5, 0.6) is 0 Å². The van der Waals surface area contributed by atoms with Crippen LogP contribution in [0, 0.1) is 0 Å². The van der Waals surface area contributed by atoms with E-state index < -0.39 is 5.97 Å². The first kappa shape index (κ1) is 22.1. The third kappa shape index (κ3) is 18.1. The molecule has 0 bridgehead atoms. The van der Waals surface area contributed by atoms with Crippen LogP contribution in [-0.4, -0.2) is 28.6 Å². The van der Waals surface area contributed by atoms with Crippen molar-refractivity contribution in [2.45, 2.75) is 57.8 Å². The summed E-state index contributed by atoms with van der Waals surface area (Å²) in [6, 6.07) is 0. The molecule has 0 aromatic carbocycles. The van der Waals surface area contributed by atoms with E-state index in [0.29, 0.717) is 6.42 Å². The van der Waals surface area contributed by atoms with Crippen LogP contribution in [0.15, 0.2) is 48.6 Å². The summed E-state index contributed by atoms with van der Waals surface area (Å²) in [4.78, 5) is 21.7. The monoisotopic (exact) mass is 334 g/mol. The Morgan fingerprint density at radius 2 is 1.46 bits per heavy atom. The highest BCUT2D eigenvalue weighted by molar-refractivity contribution is 5.90. The molecule has 0 aliphatic carbocycles. The van der Waals surface area contributed by atoms with Gasteiger partial charge in [0.1, 0.15) is 0 Å². The van der Waals surface area contributed by atoms with Crippen LogP contribution in [-0.2, 0) is 9.59 Å². The minimum Gasteiger partial charge on any atom is -0.481 e. The van der Waals surface area contributed by atoms with E-state index in [1.165, 1.54) is 6.08 Å². The number of carboxylic acid groups (broad SMARTS) is 1. The summed E-state index contributed by atoms with van der Waals surface area (Å²) in [5.74, 6) is -0.907. The smallest absolute Gasteiger partial charge is 0.303 e. The summed E-state index contributed by atoms with van der Waals surface area (Å²) in [5.41, 5.74) is 0. The molecule has 0 unspecified atom stereocenters. The van der Waals surface area contributed by atoms with E-state index in [9.17, 15) is 9.59 Å². The number of carbonyl (C=O) groups is 2. The van der Waals surface area contributed by atoms with Crippen molar-refractivity contribution in [1.29, 1.82) is 0 Å². The van der Waals surface area contributed by atoms with Gasteiger partial charge in [0.25, 0.3) is 0 Å². The van der Waals surface area contributed by atoms with E-state index >= 15 is 0 Å². The first-order chi connectivity index (χ1) is 11.7. The number of hydrogen-bond donors (Lipinski definition) is 2. The Bertz CT molecular complexity index is 445. The number of unbranched alkanes of at least 4 members (excludes halogenated alkanes) is 3.